The van der Waals surface area contributed by atoms with Gasteiger partial charge in [-0.15, -0.1) is 0 Å². The molecule has 3 aliphatic heterocycles. The molecule has 272 valence electrons. The lowest BCUT2D eigenvalue weighted by molar-refractivity contribution is -0.217. The molecule has 2 aliphatic carbocycles. The van der Waals surface area contributed by atoms with Gasteiger partial charge in [0.1, 0.15) is 17.1 Å². The third-order valence-corrected chi connectivity index (χ3v) is 13.9. The first kappa shape index (κ1) is 34.8. The Labute approximate surface area is 294 Å². The van der Waals surface area contributed by atoms with E-state index in [1.54, 1.807) is 68.4 Å². The van der Waals surface area contributed by atoms with Crippen molar-refractivity contribution in [1.82, 2.24) is 0 Å². The van der Waals surface area contributed by atoms with E-state index in [9.17, 15) is 29.2 Å². The lowest BCUT2D eigenvalue weighted by atomic mass is 9.66. The molecule has 4 fully saturated rings. The third-order valence-electron chi connectivity index (χ3n) is 13.9. The van der Waals surface area contributed by atoms with Gasteiger partial charge in [-0.25, -0.2) is 14.4 Å². The Morgan fingerprint density at radius 3 is 1.82 bits per heavy atom. The van der Waals surface area contributed by atoms with Crippen LogP contribution >= 0.6 is 0 Å². The van der Waals surface area contributed by atoms with Gasteiger partial charge in [-0.05, 0) is 65.9 Å². The van der Waals surface area contributed by atoms with E-state index in [0.717, 1.165) is 0 Å². The van der Waals surface area contributed by atoms with Crippen molar-refractivity contribution in [3.63, 3.8) is 0 Å². The second-order valence-corrected chi connectivity index (χ2v) is 16.7. The van der Waals surface area contributed by atoms with Gasteiger partial charge in [-0.3, -0.25) is 9.59 Å². The first-order valence-electron chi connectivity index (χ1n) is 17.2. The fourth-order valence-electron chi connectivity index (χ4n) is 9.35. The van der Waals surface area contributed by atoms with Crippen LogP contribution in [0.2, 0.25) is 0 Å². The maximum atomic E-state index is 14.6. The molecule has 13 heteroatoms. The predicted octanol–water partition coefficient (Wildman–Crippen LogP) is 5.09. The molecule has 6 atom stereocenters. The Bertz CT molecular complexity index is 2070. The SMILES string of the molecule is COc1cc2c(c3oc(=O)c(CC#N)c(C)c13)[C@@H](OC(=O)C13CCC(C)(C(=O)O1)C3(C)C)[C@@H](OC(=O)C13CCC(C)(C(=O)O1)C3(C)C)C(C)(C)O2. The molecule has 5 aliphatic rings. The number of hydrogen-bond acceptors (Lipinski definition) is 13. The highest BCUT2D eigenvalue weighted by Crippen LogP contribution is 2.68. The van der Waals surface area contributed by atoms with Crippen LogP contribution in [0.1, 0.15) is 104 Å². The zero-order valence-electron chi connectivity index (χ0n) is 30.6. The maximum Gasteiger partial charge on any atom is 0.351 e. The average molecular weight is 706 g/mol. The van der Waals surface area contributed by atoms with Gasteiger partial charge in [-0.1, -0.05) is 27.7 Å². The molecule has 1 aromatic heterocycles. The summed E-state index contributed by atoms with van der Waals surface area (Å²) in [6.07, 6.45) is -1.91. The van der Waals surface area contributed by atoms with Crippen LogP contribution in [0.5, 0.6) is 11.5 Å². The quantitative estimate of drug-likeness (QED) is 0.221. The first-order valence-corrected chi connectivity index (χ1v) is 17.2. The lowest BCUT2D eigenvalue weighted by Crippen LogP contribution is -2.57. The number of esters is 4. The third kappa shape index (κ3) is 3.94. The summed E-state index contributed by atoms with van der Waals surface area (Å²) in [6.45, 7) is 15.7. The van der Waals surface area contributed by atoms with Gasteiger partial charge in [0.15, 0.2) is 17.8 Å². The molecule has 13 nitrogen and oxygen atoms in total. The Morgan fingerprint density at radius 2 is 1.37 bits per heavy atom. The number of methoxy groups -OCH3 is 1. The molecule has 2 saturated heterocycles. The van der Waals surface area contributed by atoms with Gasteiger partial charge in [0, 0.05) is 16.9 Å². The van der Waals surface area contributed by atoms with Crippen molar-refractivity contribution in [3.05, 3.63) is 33.2 Å². The Morgan fingerprint density at radius 1 is 0.843 bits per heavy atom. The first-order chi connectivity index (χ1) is 23.6. The number of nitrogens with zero attached hydrogens (tertiary/aromatic N) is 1. The molecular formula is C38H43NO12. The zero-order chi connectivity index (χ0) is 37.5. The van der Waals surface area contributed by atoms with Crippen molar-refractivity contribution in [2.24, 2.45) is 21.7 Å². The molecule has 0 N–H and O–H groups in total. The van der Waals surface area contributed by atoms with Crippen molar-refractivity contribution in [3.8, 4) is 17.6 Å². The van der Waals surface area contributed by atoms with Crippen molar-refractivity contribution in [2.45, 2.75) is 123 Å². The number of carbonyl (C=O) groups excluding carboxylic acids is 4. The molecule has 51 heavy (non-hydrogen) atoms. The number of hydrogen-bond donors (Lipinski definition) is 0. The smallest absolute Gasteiger partial charge is 0.351 e. The number of fused-ring (bicyclic) bond motifs is 7. The molecule has 4 bridgehead atoms. The number of nitriles is 1. The summed E-state index contributed by atoms with van der Waals surface area (Å²) in [5.41, 5.74) is -8.74. The van der Waals surface area contributed by atoms with Crippen LogP contribution in [-0.2, 0) is 44.5 Å². The Balaban J connectivity index is 1.43. The van der Waals surface area contributed by atoms with Crippen LogP contribution in [0.25, 0.3) is 11.0 Å². The summed E-state index contributed by atoms with van der Waals surface area (Å²) in [7, 11) is 1.43. The minimum atomic E-state index is -1.66. The van der Waals surface area contributed by atoms with Crippen LogP contribution in [0, 0.1) is 39.9 Å². The van der Waals surface area contributed by atoms with E-state index in [1.807, 2.05) is 6.07 Å². The highest BCUT2D eigenvalue weighted by Gasteiger charge is 2.78. The van der Waals surface area contributed by atoms with E-state index < -0.39 is 80.2 Å². The van der Waals surface area contributed by atoms with E-state index in [1.165, 1.54) is 7.11 Å². The summed E-state index contributed by atoms with van der Waals surface area (Å²) in [5.74, 6) is -2.32. The second kappa shape index (κ2) is 10.3. The van der Waals surface area contributed by atoms with Gasteiger partial charge in [-0.2, -0.15) is 5.26 Å². The number of ether oxygens (including phenoxy) is 6. The van der Waals surface area contributed by atoms with Crippen LogP contribution in [0.15, 0.2) is 15.3 Å². The minimum absolute atomic E-state index is 0.0569. The predicted molar refractivity (Wildman–Crippen MR) is 176 cm³/mol. The molecule has 4 unspecified atom stereocenters. The monoisotopic (exact) mass is 705 g/mol. The largest absolute Gasteiger partial charge is 0.496 e. The number of carbonyl (C=O) groups is 4. The van der Waals surface area contributed by atoms with Crippen molar-refractivity contribution in [2.75, 3.05) is 7.11 Å². The highest BCUT2D eigenvalue weighted by atomic mass is 16.7. The van der Waals surface area contributed by atoms with E-state index >= 15 is 0 Å². The van der Waals surface area contributed by atoms with E-state index in [2.05, 4.69) is 0 Å². The van der Waals surface area contributed by atoms with Crippen LogP contribution in [-0.4, -0.2) is 53.9 Å². The van der Waals surface area contributed by atoms with Crippen LogP contribution in [0.3, 0.4) is 0 Å². The fourth-order valence-corrected chi connectivity index (χ4v) is 9.35. The minimum Gasteiger partial charge on any atom is -0.496 e. The molecule has 2 aromatic rings. The normalized spacial score (nSPS) is 34.6. The van der Waals surface area contributed by atoms with E-state index in [4.69, 9.17) is 32.8 Å². The number of benzene rings is 1. The summed E-state index contributed by atoms with van der Waals surface area (Å²) in [5, 5.41) is 9.78. The molecular weight excluding hydrogens is 662 g/mol. The molecule has 4 heterocycles. The van der Waals surface area contributed by atoms with Gasteiger partial charge in [0.05, 0.1) is 46.9 Å². The standard InChI is InChI=1S/C38H43NO12/c1-18-19(11-16-39)27(40)46-24-22(18)20(45-10)17-21-23(24)25(47-30(43)37-14-12-35(8,28(41)50-37)33(37,4)5)26(32(2,3)49-21)48-31(44)38-15-13-36(9,29(42)51-38)34(38,6)7/h17,25-26H,11-15H2,1-10H3/t25-,26-,35?,36?,37?,38?/m1/s1. The van der Waals surface area contributed by atoms with Gasteiger partial charge in [0.2, 0.25) is 11.2 Å². The van der Waals surface area contributed by atoms with E-state index in [0.29, 0.717) is 23.8 Å². The van der Waals surface area contributed by atoms with Crippen LogP contribution < -0.4 is 15.1 Å². The molecule has 0 radical (unpaired) electrons. The van der Waals surface area contributed by atoms with Crippen molar-refractivity contribution >= 4 is 34.8 Å². The zero-order valence-corrected chi connectivity index (χ0v) is 30.6. The summed E-state index contributed by atoms with van der Waals surface area (Å²) < 4.78 is 42.6. The average Bonchev–Trinajstić information content (AvgIpc) is 3.51. The molecule has 2 saturated carbocycles. The van der Waals surface area contributed by atoms with Gasteiger partial charge in [0.25, 0.3) is 0 Å². The molecule has 7 rings (SSSR count). The van der Waals surface area contributed by atoms with Crippen molar-refractivity contribution < 1.29 is 52.0 Å². The number of aryl methyl sites for hydroxylation is 1. The molecule has 1 aromatic carbocycles. The number of rotatable bonds is 6. The Kier molecular flexibility index (Phi) is 7.01. The Hall–Kier alpha value is -4.60. The maximum absolute atomic E-state index is 14.6. The van der Waals surface area contributed by atoms with E-state index in [-0.39, 0.29) is 47.5 Å². The molecule has 0 spiro atoms. The van der Waals surface area contributed by atoms with Crippen LogP contribution in [0.4, 0.5) is 0 Å². The van der Waals surface area contributed by atoms with Gasteiger partial charge >= 0.3 is 29.5 Å². The highest BCUT2D eigenvalue weighted by molar-refractivity contribution is 5.96. The summed E-state index contributed by atoms with van der Waals surface area (Å²) in [4.78, 5) is 68.8. The fraction of sp³-hybridized carbons (Fsp3) is 0.632. The lowest BCUT2D eigenvalue weighted by Gasteiger charge is -2.46. The second-order valence-electron chi connectivity index (χ2n) is 16.7. The topological polar surface area (TPSA) is 178 Å². The summed E-state index contributed by atoms with van der Waals surface area (Å²) >= 11 is 0. The molecule has 0 amide bonds. The van der Waals surface area contributed by atoms with Gasteiger partial charge < -0.3 is 32.8 Å². The summed E-state index contributed by atoms with van der Waals surface area (Å²) in [6, 6.07) is 3.55. The van der Waals surface area contributed by atoms with Crippen molar-refractivity contribution in [1.29, 1.82) is 5.26 Å².